The zero-order valence-electron chi connectivity index (χ0n) is 16.0. The largest absolute Gasteiger partial charge is 0.378 e. The summed E-state index contributed by atoms with van der Waals surface area (Å²) in [7, 11) is 0. The fourth-order valence-electron chi connectivity index (χ4n) is 3.83. The molecule has 1 aliphatic rings. The Hall–Kier alpha value is -1.65. The number of thiophene rings is 1. The Morgan fingerprint density at radius 2 is 2.08 bits per heavy atom. The highest BCUT2D eigenvalue weighted by Crippen LogP contribution is 2.41. The van der Waals surface area contributed by atoms with Gasteiger partial charge in [0, 0.05) is 18.6 Å². The van der Waals surface area contributed by atoms with Crippen molar-refractivity contribution < 1.29 is 9.53 Å². The first-order valence-electron chi connectivity index (χ1n) is 9.51. The van der Waals surface area contributed by atoms with Crippen molar-refractivity contribution in [2.75, 3.05) is 13.2 Å². The van der Waals surface area contributed by atoms with Crippen LogP contribution in [0.3, 0.4) is 0 Å². The van der Waals surface area contributed by atoms with Crippen molar-refractivity contribution in [1.82, 2.24) is 5.32 Å². The summed E-state index contributed by atoms with van der Waals surface area (Å²) in [5, 5.41) is 5.05. The van der Waals surface area contributed by atoms with E-state index in [9.17, 15) is 4.79 Å². The Morgan fingerprint density at radius 3 is 2.73 bits per heavy atom. The van der Waals surface area contributed by atoms with Gasteiger partial charge in [0.15, 0.2) is 0 Å². The second-order valence-electron chi connectivity index (χ2n) is 7.74. The maximum Gasteiger partial charge on any atom is 0.261 e. The van der Waals surface area contributed by atoms with Crippen molar-refractivity contribution in [3.8, 4) is 0 Å². The van der Waals surface area contributed by atoms with Gasteiger partial charge in [-0.3, -0.25) is 4.79 Å². The van der Waals surface area contributed by atoms with Crippen molar-refractivity contribution in [3.05, 3.63) is 57.8 Å². The van der Waals surface area contributed by atoms with Gasteiger partial charge in [0.1, 0.15) is 0 Å². The van der Waals surface area contributed by atoms with Gasteiger partial charge >= 0.3 is 0 Å². The minimum Gasteiger partial charge on any atom is -0.378 e. The Balaban J connectivity index is 1.74. The topological polar surface area (TPSA) is 38.3 Å². The van der Waals surface area contributed by atoms with Crippen molar-refractivity contribution in [2.24, 2.45) is 5.92 Å². The number of amides is 1. The maximum atomic E-state index is 12.3. The lowest BCUT2D eigenvalue weighted by Crippen LogP contribution is -2.43. The molecule has 1 N–H and O–H groups in total. The monoisotopic (exact) mass is 371 g/mol. The van der Waals surface area contributed by atoms with E-state index in [4.69, 9.17) is 4.74 Å². The van der Waals surface area contributed by atoms with Crippen LogP contribution in [0.1, 0.15) is 53.9 Å². The zero-order valence-corrected chi connectivity index (χ0v) is 16.8. The molecule has 26 heavy (non-hydrogen) atoms. The minimum atomic E-state index is 0.0338. The smallest absolute Gasteiger partial charge is 0.261 e. The van der Waals surface area contributed by atoms with Crippen LogP contribution in [0.5, 0.6) is 0 Å². The fourth-order valence-corrected chi connectivity index (χ4v) is 4.47. The fraction of sp³-hybridized carbons (Fsp3) is 0.500. The molecule has 0 saturated carbocycles. The molecule has 1 saturated heterocycles. The van der Waals surface area contributed by atoms with Crippen LogP contribution in [0.15, 0.2) is 41.8 Å². The summed E-state index contributed by atoms with van der Waals surface area (Å²) in [5.41, 5.74) is 2.73. The average molecular weight is 372 g/mol. The quantitative estimate of drug-likeness (QED) is 0.780. The molecule has 0 spiro atoms. The molecule has 3 nitrogen and oxygen atoms in total. The van der Waals surface area contributed by atoms with Gasteiger partial charge in [-0.1, -0.05) is 49.7 Å². The highest BCUT2D eigenvalue weighted by atomic mass is 32.1. The molecule has 1 fully saturated rings. The molecular formula is C22H29NO2S. The van der Waals surface area contributed by atoms with E-state index < -0.39 is 0 Å². The van der Waals surface area contributed by atoms with E-state index >= 15 is 0 Å². The van der Waals surface area contributed by atoms with E-state index in [0.717, 1.165) is 30.7 Å². The molecule has 3 rings (SSSR count). The van der Waals surface area contributed by atoms with Crippen LogP contribution in [0.4, 0.5) is 0 Å². The van der Waals surface area contributed by atoms with Gasteiger partial charge in [-0.05, 0) is 49.1 Å². The number of hydrogen-bond acceptors (Lipinski definition) is 3. The molecule has 0 radical (unpaired) electrons. The predicted octanol–water partition coefficient (Wildman–Crippen LogP) is 4.95. The molecule has 2 aromatic rings. The standard InChI is InChI=1S/C22H29NO2S/c1-16(2)19-15-22(11-13-25-19,18-8-6-17(3)7-9-18)10-12-23-21(24)20-5-4-14-26-20/h4-9,14,16,19H,10-13,15H2,1-3H3,(H,23,24)/t19-,22-/m0/s1. The van der Waals surface area contributed by atoms with Crippen molar-refractivity contribution in [3.63, 3.8) is 0 Å². The Bertz CT molecular complexity index is 708. The number of ether oxygens (including phenoxy) is 1. The van der Waals surface area contributed by atoms with Gasteiger partial charge in [-0.25, -0.2) is 0 Å². The molecule has 1 aliphatic heterocycles. The third kappa shape index (κ3) is 4.36. The van der Waals surface area contributed by atoms with Crippen molar-refractivity contribution in [1.29, 1.82) is 0 Å². The third-order valence-electron chi connectivity index (χ3n) is 5.55. The molecular weight excluding hydrogens is 342 g/mol. The third-order valence-corrected chi connectivity index (χ3v) is 6.41. The predicted molar refractivity (Wildman–Crippen MR) is 108 cm³/mol. The second-order valence-corrected chi connectivity index (χ2v) is 8.68. The normalized spacial score (nSPS) is 23.2. The molecule has 1 aromatic carbocycles. The number of benzene rings is 1. The summed E-state index contributed by atoms with van der Waals surface area (Å²) in [4.78, 5) is 13.1. The lowest BCUT2D eigenvalue weighted by molar-refractivity contribution is -0.0468. The van der Waals surface area contributed by atoms with E-state index in [1.165, 1.54) is 22.5 Å². The first-order chi connectivity index (χ1) is 12.5. The highest BCUT2D eigenvalue weighted by Gasteiger charge is 2.39. The van der Waals surface area contributed by atoms with Crippen LogP contribution in [0, 0.1) is 12.8 Å². The SMILES string of the molecule is Cc1ccc([C@@]2(CCNC(=O)c3cccs3)CCO[C@H](C(C)C)C2)cc1. The molecule has 0 aliphatic carbocycles. The van der Waals surface area contributed by atoms with Crippen molar-refractivity contribution >= 4 is 17.2 Å². The summed E-state index contributed by atoms with van der Waals surface area (Å²) >= 11 is 1.49. The van der Waals surface area contributed by atoms with Crippen LogP contribution in [-0.4, -0.2) is 25.2 Å². The van der Waals surface area contributed by atoms with Crippen LogP contribution in [0.2, 0.25) is 0 Å². The molecule has 0 bridgehead atoms. The molecule has 2 atom stereocenters. The summed E-state index contributed by atoms with van der Waals surface area (Å²) < 4.78 is 6.04. The molecule has 1 amide bonds. The van der Waals surface area contributed by atoms with Crippen LogP contribution >= 0.6 is 11.3 Å². The summed E-state index contributed by atoms with van der Waals surface area (Å²) in [6.45, 7) is 8.06. The number of aryl methyl sites for hydroxylation is 1. The van der Waals surface area contributed by atoms with Gasteiger partial charge in [-0.2, -0.15) is 0 Å². The average Bonchev–Trinajstić information content (AvgIpc) is 3.17. The van der Waals surface area contributed by atoms with Crippen LogP contribution < -0.4 is 5.32 Å². The van der Waals surface area contributed by atoms with Gasteiger partial charge in [0.05, 0.1) is 11.0 Å². The number of nitrogens with one attached hydrogen (secondary N) is 1. The first kappa shape index (κ1) is 19.1. The Labute approximate surface area is 160 Å². The lowest BCUT2D eigenvalue weighted by atomic mass is 9.68. The van der Waals surface area contributed by atoms with E-state index in [1.807, 2.05) is 17.5 Å². The van der Waals surface area contributed by atoms with Gasteiger partial charge in [0.2, 0.25) is 0 Å². The van der Waals surface area contributed by atoms with E-state index in [2.05, 4.69) is 50.4 Å². The Kier molecular flexibility index (Phi) is 6.15. The second kappa shape index (κ2) is 8.36. The summed E-state index contributed by atoms with van der Waals surface area (Å²) in [6, 6.07) is 12.7. The number of hydrogen-bond donors (Lipinski definition) is 1. The molecule has 0 unspecified atom stereocenters. The summed E-state index contributed by atoms with van der Waals surface area (Å²) in [5.74, 6) is 0.535. The number of carbonyl (C=O) groups excluding carboxylic acids is 1. The molecule has 2 heterocycles. The van der Waals surface area contributed by atoms with Crippen LogP contribution in [-0.2, 0) is 10.2 Å². The number of rotatable bonds is 6. The highest BCUT2D eigenvalue weighted by molar-refractivity contribution is 7.12. The van der Waals surface area contributed by atoms with E-state index in [-0.39, 0.29) is 17.4 Å². The Morgan fingerprint density at radius 1 is 1.31 bits per heavy atom. The summed E-state index contributed by atoms with van der Waals surface area (Å²) in [6.07, 6.45) is 3.24. The molecule has 1 aromatic heterocycles. The van der Waals surface area contributed by atoms with E-state index in [1.54, 1.807) is 0 Å². The zero-order chi connectivity index (χ0) is 18.6. The lowest BCUT2D eigenvalue weighted by Gasteiger charge is -2.43. The first-order valence-corrected chi connectivity index (χ1v) is 10.4. The van der Waals surface area contributed by atoms with Gasteiger partial charge in [-0.15, -0.1) is 11.3 Å². The molecule has 4 heteroatoms. The van der Waals surface area contributed by atoms with Gasteiger partial charge < -0.3 is 10.1 Å². The van der Waals surface area contributed by atoms with Crippen molar-refractivity contribution in [2.45, 2.75) is 51.6 Å². The van der Waals surface area contributed by atoms with E-state index in [0.29, 0.717) is 12.5 Å². The van der Waals surface area contributed by atoms with Gasteiger partial charge in [0.25, 0.3) is 5.91 Å². The maximum absolute atomic E-state index is 12.3. The minimum absolute atomic E-state index is 0.0338. The van der Waals surface area contributed by atoms with Crippen LogP contribution in [0.25, 0.3) is 0 Å². The molecule has 140 valence electrons. The number of carbonyl (C=O) groups is 1.